The molecule has 0 saturated carbocycles. The number of hydrogen-bond acceptors (Lipinski definition) is 6. The van der Waals surface area contributed by atoms with Gasteiger partial charge in [0.1, 0.15) is 5.75 Å². The van der Waals surface area contributed by atoms with E-state index in [4.69, 9.17) is 9.98 Å². The normalized spacial score (nSPS) is 12.3. The number of nitrogens with one attached hydrogen (secondary N) is 1. The maximum atomic E-state index is 12.7. The summed E-state index contributed by atoms with van der Waals surface area (Å²) in [6.07, 6.45) is -0.613. The van der Waals surface area contributed by atoms with Crippen molar-refractivity contribution in [2.75, 3.05) is 11.9 Å². The van der Waals surface area contributed by atoms with Crippen LogP contribution in [0.25, 0.3) is 28.1 Å². The Labute approximate surface area is 204 Å². The van der Waals surface area contributed by atoms with Gasteiger partial charge in [-0.05, 0) is 61.0 Å². The van der Waals surface area contributed by atoms with Crippen LogP contribution < -0.4 is 15.4 Å². The number of ether oxygens (including phenoxy) is 1. The molecule has 0 fully saturated rings. The van der Waals surface area contributed by atoms with Gasteiger partial charge >= 0.3 is 6.36 Å². The van der Waals surface area contributed by atoms with E-state index in [1.807, 2.05) is 47.9 Å². The summed E-state index contributed by atoms with van der Waals surface area (Å²) in [7, 11) is 0. The molecule has 1 aliphatic heterocycles. The zero-order valence-corrected chi connectivity index (χ0v) is 19.2. The van der Waals surface area contributed by atoms with E-state index in [1.165, 1.54) is 12.1 Å². The van der Waals surface area contributed by atoms with Crippen molar-refractivity contribution in [2.24, 2.45) is 4.99 Å². The second-order valence-corrected chi connectivity index (χ2v) is 7.91. The van der Waals surface area contributed by atoms with Gasteiger partial charge in [0.15, 0.2) is 0 Å². The summed E-state index contributed by atoms with van der Waals surface area (Å²) in [5, 5.41) is 3.92. The van der Waals surface area contributed by atoms with Crippen LogP contribution in [-0.2, 0) is 0 Å². The highest BCUT2D eigenvalue weighted by Crippen LogP contribution is 2.31. The number of hydrogen-bond donors (Lipinski definition) is 1. The number of alkyl halides is 3. The van der Waals surface area contributed by atoms with Gasteiger partial charge < -0.3 is 14.6 Å². The van der Waals surface area contributed by atoms with Crippen molar-refractivity contribution < 1.29 is 17.9 Å². The lowest BCUT2D eigenvalue weighted by molar-refractivity contribution is -0.274. The first-order chi connectivity index (χ1) is 17.4. The Kier molecular flexibility index (Phi) is 6.24. The zero-order chi connectivity index (χ0) is 25.1. The SMILES string of the molecule is CCCN=c1cc2n(-c3ccc(OC(F)(F)F)cc3)c3ccccc3nc-2cc1Nc1ncccn1. The van der Waals surface area contributed by atoms with Gasteiger partial charge in [0.2, 0.25) is 5.95 Å². The molecule has 0 unspecified atom stereocenters. The van der Waals surface area contributed by atoms with Crippen LogP contribution >= 0.6 is 0 Å². The third-order valence-electron chi connectivity index (χ3n) is 5.34. The van der Waals surface area contributed by atoms with Gasteiger partial charge in [0.25, 0.3) is 0 Å². The van der Waals surface area contributed by atoms with Crippen molar-refractivity contribution in [2.45, 2.75) is 19.7 Å². The second-order valence-electron chi connectivity index (χ2n) is 7.91. The molecule has 0 bridgehead atoms. The predicted octanol–water partition coefficient (Wildman–Crippen LogP) is 5.87. The van der Waals surface area contributed by atoms with Crippen molar-refractivity contribution in [1.29, 1.82) is 0 Å². The molecule has 5 rings (SSSR count). The molecular weight excluding hydrogens is 469 g/mol. The van der Waals surface area contributed by atoms with E-state index in [0.717, 1.165) is 23.1 Å². The average molecular weight is 490 g/mol. The summed E-state index contributed by atoms with van der Waals surface area (Å²) in [5.74, 6) is 0.140. The minimum Gasteiger partial charge on any atom is -0.406 e. The molecule has 0 atom stereocenters. The Hall–Kier alpha value is -4.47. The van der Waals surface area contributed by atoms with Crippen LogP contribution in [0, 0.1) is 0 Å². The first-order valence-corrected chi connectivity index (χ1v) is 11.3. The van der Waals surface area contributed by atoms with Gasteiger partial charge in [-0.1, -0.05) is 19.1 Å². The highest BCUT2D eigenvalue weighted by Gasteiger charge is 2.31. The minimum absolute atomic E-state index is 0.289. The molecule has 10 heteroatoms. The average Bonchev–Trinajstić information content (AvgIpc) is 2.86. The number of rotatable bonds is 6. The van der Waals surface area contributed by atoms with Crippen molar-refractivity contribution in [1.82, 2.24) is 19.5 Å². The van der Waals surface area contributed by atoms with Gasteiger partial charge in [-0.2, -0.15) is 0 Å². The van der Waals surface area contributed by atoms with Crippen molar-refractivity contribution >= 4 is 22.7 Å². The fourth-order valence-corrected chi connectivity index (χ4v) is 3.86. The van der Waals surface area contributed by atoms with Crippen LogP contribution in [0.5, 0.6) is 5.75 Å². The lowest BCUT2D eigenvalue weighted by Gasteiger charge is -2.20. The maximum absolute atomic E-state index is 12.7. The van der Waals surface area contributed by atoms with Gasteiger partial charge in [0.05, 0.1) is 33.5 Å². The Bertz CT molecular complexity index is 1530. The standard InChI is InChI=1S/C26H21F3N6O/c1-2-12-30-20-16-24-22(15-21(20)34-25-31-13-5-14-32-25)33-19-6-3-4-7-23(19)35(24)17-8-10-18(11-9-17)36-26(27,28)29/h3-11,13-16H,2,12H2,1H3,(H,31,32,34). The van der Waals surface area contributed by atoms with E-state index >= 15 is 0 Å². The Morgan fingerprint density at radius 1 is 0.972 bits per heavy atom. The van der Waals surface area contributed by atoms with E-state index in [2.05, 4.69) is 20.0 Å². The van der Waals surface area contributed by atoms with E-state index in [9.17, 15) is 13.2 Å². The highest BCUT2D eigenvalue weighted by atomic mass is 19.4. The molecule has 2 aliphatic rings. The number of halogens is 3. The summed E-state index contributed by atoms with van der Waals surface area (Å²) < 4.78 is 44.0. The van der Waals surface area contributed by atoms with E-state index in [0.29, 0.717) is 34.9 Å². The number of para-hydroxylation sites is 2. The second kappa shape index (κ2) is 9.65. The van der Waals surface area contributed by atoms with Crippen molar-refractivity contribution in [3.63, 3.8) is 0 Å². The number of aromatic nitrogens is 4. The summed E-state index contributed by atoms with van der Waals surface area (Å²) >= 11 is 0. The molecular formula is C26H21F3N6O. The predicted molar refractivity (Wildman–Crippen MR) is 130 cm³/mol. The molecule has 7 nitrogen and oxygen atoms in total. The Balaban J connectivity index is 1.72. The number of anilines is 2. The van der Waals surface area contributed by atoms with Gasteiger partial charge in [-0.25, -0.2) is 15.0 Å². The van der Waals surface area contributed by atoms with E-state index in [1.54, 1.807) is 30.6 Å². The Morgan fingerprint density at radius 3 is 2.44 bits per heavy atom. The quantitative estimate of drug-likeness (QED) is 0.301. The van der Waals surface area contributed by atoms with Gasteiger partial charge in [0, 0.05) is 24.6 Å². The molecule has 1 N–H and O–H groups in total. The van der Waals surface area contributed by atoms with E-state index < -0.39 is 6.36 Å². The summed E-state index contributed by atoms with van der Waals surface area (Å²) in [4.78, 5) is 18.1. The zero-order valence-electron chi connectivity index (χ0n) is 19.2. The lowest BCUT2D eigenvalue weighted by atomic mass is 10.1. The molecule has 2 heterocycles. The largest absolute Gasteiger partial charge is 0.573 e. The minimum atomic E-state index is -4.76. The molecule has 0 radical (unpaired) electrons. The number of benzene rings is 3. The molecule has 1 aliphatic carbocycles. The number of nitrogens with zero attached hydrogens (tertiary/aromatic N) is 5. The lowest BCUT2D eigenvalue weighted by Crippen LogP contribution is -2.17. The number of fused-ring (bicyclic) bond motifs is 2. The molecule has 2 aromatic carbocycles. The smallest absolute Gasteiger partial charge is 0.406 e. The molecule has 182 valence electrons. The highest BCUT2D eigenvalue weighted by molar-refractivity contribution is 5.84. The fourth-order valence-electron chi connectivity index (χ4n) is 3.86. The topological polar surface area (TPSA) is 77.2 Å². The Morgan fingerprint density at radius 2 is 1.72 bits per heavy atom. The summed E-state index contributed by atoms with van der Waals surface area (Å²) in [5.41, 5.74) is 4.28. The molecule has 0 amide bonds. The molecule has 36 heavy (non-hydrogen) atoms. The first kappa shape index (κ1) is 23.3. The third kappa shape index (κ3) is 4.97. The van der Waals surface area contributed by atoms with Gasteiger partial charge in [-0.15, -0.1) is 13.2 Å². The van der Waals surface area contributed by atoms with E-state index in [-0.39, 0.29) is 5.75 Å². The summed E-state index contributed by atoms with van der Waals surface area (Å²) in [6.45, 7) is 2.65. The molecule has 3 aromatic rings. The van der Waals surface area contributed by atoms with Crippen molar-refractivity contribution in [3.05, 3.63) is 84.5 Å². The monoisotopic (exact) mass is 490 g/mol. The first-order valence-electron chi connectivity index (χ1n) is 11.3. The van der Waals surface area contributed by atoms with Crippen LogP contribution in [0.4, 0.5) is 24.8 Å². The molecule has 0 saturated heterocycles. The summed E-state index contributed by atoms with van der Waals surface area (Å²) in [6, 6.07) is 18.8. The van der Waals surface area contributed by atoms with Crippen LogP contribution in [0.2, 0.25) is 0 Å². The molecule has 0 spiro atoms. The van der Waals surface area contributed by atoms with Crippen LogP contribution in [0.1, 0.15) is 13.3 Å². The van der Waals surface area contributed by atoms with Gasteiger partial charge in [-0.3, -0.25) is 4.99 Å². The molecule has 1 aromatic heterocycles. The fraction of sp³-hybridized carbons (Fsp3) is 0.154. The van der Waals surface area contributed by atoms with Crippen LogP contribution in [0.15, 0.2) is 84.1 Å². The van der Waals surface area contributed by atoms with Crippen LogP contribution in [0.3, 0.4) is 0 Å². The van der Waals surface area contributed by atoms with Crippen LogP contribution in [-0.4, -0.2) is 32.4 Å². The third-order valence-corrected chi connectivity index (χ3v) is 5.34. The maximum Gasteiger partial charge on any atom is 0.573 e. The van der Waals surface area contributed by atoms with Crippen molar-refractivity contribution in [3.8, 4) is 22.8 Å².